The Bertz CT molecular complexity index is 593. The van der Waals surface area contributed by atoms with Crippen LogP contribution >= 0.6 is 11.6 Å². The first kappa shape index (κ1) is 15.0. The highest BCUT2D eigenvalue weighted by Crippen LogP contribution is 2.29. The minimum absolute atomic E-state index is 0.0524. The fourth-order valence-electron chi connectivity index (χ4n) is 2.38. The summed E-state index contributed by atoms with van der Waals surface area (Å²) in [4.78, 5) is 0. The zero-order chi connectivity index (χ0) is 14.7. The van der Waals surface area contributed by atoms with E-state index in [1.165, 1.54) is 17.7 Å². The van der Waals surface area contributed by atoms with E-state index in [2.05, 4.69) is 25.2 Å². The van der Waals surface area contributed by atoms with E-state index in [1.807, 2.05) is 25.1 Å². The average molecular weight is 292 g/mol. The summed E-state index contributed by atoms with van der Waals surface area (Å²) in [6.07, 6.45) is 0. The number of halogens is 2. The van der Waals surface area contributed by atoms with Crippen LogP contribution in [0, 0.1) is 19.7 Å². The van der Waals surface area contributed by atoms with Crippen LogP contribution < -0.4 is 5.32 Å². The van der Waals surface area contributed by atoms with E-state index < -0.39 is 0 Å². The Labute approximate surface area is 124 Å². The van der Waals surface area contributed by atoms with Crippen molar-refractivity contribution < 1.29 is 4.39 Å². The summed E-state index contributed by atoms with van der Waals surface area (Å²) in [6, 6.07) is 10.8. The standard InChI is InChI=1S/C17H19ClFN/c1-4-20-17(13-5-7-14(19)8-6-13)15-9-12(3)16(18)10-11(15)2/h5-10,17,20H,4H2,1-3H3. The molecular formula is C17H19ClFN. The van der Waals surface area contributed by atoms with Crippen LogP contribution in [0.15, 0.2) is 36.4 Å². The predicted octanol–water partition coefficient (Wildman–Crippen LogP) is 4.79. The molecule has 1 N–H and O–H groups in total. The van der Waals surface area contributed by atoms with Gasteiger partial charge in [0.25, 0.3) is 0 Å². The van der Waals surface area contributed by atoms with Crippen LogP contribution in [-0.2, 0) is 0 Å². The third-order valence-corrected chi connectivity index (χ3v) is 3.88. The normalized spacial score (nSPS) is 12.4. The molecule has 0 aliphatic rings. The van der Waals surface area contributed by atoms with Gasteiger partial charge in [0.1, 0.15) is 5.82 Å². The van der Waals surface area contributed by atoms with Crippen molar-refractivity contribution in [3.63, 3.8) is 0 Å². The Hall–Kier alpha value is -1.38. The fraction of sp³-hybridized carbons (Fsp3) is 0.294. The second-order valence-electron chi connectivity index (χ2n) is 5.00. The molecule has 2 aromatic rings. The second kappa shape index (κ2) is 6.38. The monoisotopic (exact) mass is 291 g/mol. The molecule has 0 saturated carbocycles. The molecule has 0 fully saturated rings. The van der Waals surface area contributed by atoms with Crippen LogP contribution in [0.5, 0.6) is 0 Å². The van der Waals surface area contributed by atoms with E-state index in [-0.39, 0.29) is 11.9 Å². The third kappa shape index (κ3) is 3.20. The van der Waals surface area contributed by atoms with Crippen molar-refractivity contribution in [1.29, 1.82) is 0 Å². The summed E-state index contributed by atoms with van der Waals surface area (Å²) in [5, 5.41) is 4.23. The lowest BCUT2D eigenvalue weighted by molar-refractivity contribution is 0.612. The lowest BCUT2D eigenvalue weighted by Crippen LogP contribution is -2.23. The Morgan fingerprint density at radius 2 is 1.75 bits per heavy atom. The van der Waals surface area contributed by atoms with Crippen LogP contribution in [0.1, 0.15) is 35.2 Å². The zero-order valence-corrected chi connectivity index (χ0v) is 12.8. The summed E-state index contributed by atoms with van der Waals surface area (Å²) in [5.74, 6) is -0.215. The highest BCUT2D eigenvalue weighted by Gasteiger charge is 2.16. The van der Waals surface area contributed by atoms with Gasteiger partial charge in [0.15, 0.2) is 0 Å². The molecule has 0 amide bonds. The molecule has 20 heavy (non-hydrogen) atoms. The van der Waals surface area contributed by atoms with E-state index in [1.54, 1.807) is 0 Å². The summed E-state index contributed by atoms with van der Waals surface area (Å²) in [7, 11) is 0. The van der Waals surface area contributed by atoms with Crippen LogP contribution in [0.4, 0.5) is 4.39 Å². The zero-order valence-electron chi connectivity index (χ0n) is 12.0. The van der Waals surface area contributed by atoms with Gasteiger partial charge in [0.2, 0.25) is 0 Å². The maximum atomic E-state index is 13.1. The Kier molecular flexibility index (Phi) is 4.79. The van der Waals surface area contributed by atoms with Crippen molar-refractivity contribution in [2.75, 3.05) is 6.54 Å². The smallest absolute Gasteiger partial charge is 0.123 e. The molecule has 0 bridgehead atoms. The number of rotatable bonds is 4. The minimum Gasteiger partial charge on any atom is -0.307 e. The van der Waals surface area contributed by atoms with Crippen LogP contribution in [-0.4, -0.2) is 6.54 Å². The maximum Gasteiger partial charge on any atom is 0.123 e. The lowest BCUT2D eigenvalue weighted by atomic mass is 9.93. The van der Waals surface area contributed by atoms with Crippen molar-refractivity contribution in [2.24, 2.45) is 0 Å². The SMILES string of the molecule is CCNC(c1ccc(F)cc1)c1cc(C)c(Cl)cc1C. The molecule has 1 unspecified atom stereocenters. The van der Waals surface area contributed by atoms with Gasteiger partial charge in [0.05, 0.1) is 6.04 Å². The number of aryl methyl sites for hydroxylation is 2. The molecule has 0 aliphatic heterocycles. The number of benzene rings is 2. The molecule has 3 heteroatoms. The maximum absolute atomic E-state index is 13.1. The highest BCUT2D eigenvalue weighted by atomic mass is 35.5. The first-order valence-corrected chi connectivity index (χ1v) is 7.16. The Morgan fingerprint density at radius 3 is 2.35 bits per heavy atom. The van der Waals surface area contributed by atoms with Crippen LogP contribution in [0.3, 0.4) is 0 Å². The molecule has 106 valence electrons. The summed E-state index contributed by atoms with van der Waals surface area (Å²) < 4.78 is 13.1. The van der Waals surface area contributed by atoms with Gasteiger partial charge in [-0.2, -0.15) is 0 Å². The molecule has 1 atom stereocenters. The minimum atomic E-state index is -0.215. The average Bonchev–Trinajstić information content (AvgIpc) is 2.42. The Morgan fingerprint density at radius 1 is 1.10 bits per heavy atom. The topological polar surface area (TPSA) is 12.0 Å². The van der Waals surface area contributed by atoms with E-state index in [4.69, 9.17) is 11.6 Å². The van der Waals surface area contributed by atoms with Gasteiger partial charge in [0, 0.05) is 5.02 Å². The van der Waals surface area contributed by atoms with Gasteiger partial charge in [-0.25, -0.2) is 4.39 Å². The van der Waals surface area contributed by atoms with Crippen LogP contribution in [0.2, 0.25) is 5.02 Å². The van der Waals surface area contributed by atoms with E-state index >= 15 is 0 Å². The molecule has 1 nitrogen and oxygen atoms in total. The summed E-state index contributed by atoms with van der Waals surface area (Å²) in [5.41, 5.74) is 4.42. The van der Waals surface area contributed by atoms with Crippen molar-refractivity contribution >= 4 is 11.6 Å². The van der Waals surface area contributed by atoms with Gasteiger partial charge in [-0.15, -0.1) is 0 Å². The molecule has 0 saturated heterocycles. The molecule has 0 spiro atoms. The second-order valence-corrected chi connectivity index (χ2v) is 5.41. The summed E-state index contributed by atoms with van der Waals surface area (Å²) in [6.45, 7) is 6.95. The molecule has 0 aromatic heterocycles. The molecule has 0 aliphatic carbocycles. The van der Waals surface area contributed by atoms with Crippen molar-refractivity contribution in [2.45, 2.75) is 26.8 Å². The molecule has 0 heterocycles. The molecule has 2 rings (SSSR count). The highest BCUT2D eigenvalue weighted by molar-refractivity contribution is 6.31. The first-order chi connectivity index (χ1) is 9.52. The lowest BCUT2D eigenvalue weighted by Gasteiger charge is -2.22. The predicted molar refractivity (Wildman–Crippen MR) is 82.8 cm³/mol. The van der Waals surface area contributed by atoms with E-state index in [0.29, 0.717) is 0 Å². The molecular weight excluding hydrogens is 273 g/mol. The first-order valence-electron chi connectivity index (χ1n) is 6.78. The van der Waals surface area contributed by atoms with Crippen LogP contribution in [0.25, 0.3) is 0 Å². The van der Waals surface area contributed by atoms with E-state index in [0.717, 1.165) is 28.3 Å². The number of hydrogen-bond acceptors (Lipinski definition) is 1. The molecule has 0 radical (unpaired) electrons. The van der Waals surface area contributed by atoms with Gasteiger partial charge in [-0.05, 0) is 60.8 Å². The van der Waals surface area contributed by atoms with Crippen molar-refractivity contribution in [3.05, 3.63) is 69.5 Å². The quantitative estimate of drug-likeness (QED) is 0.853. The van der Waals surface area contributed by atoms with Gasteiger partial charge < -0.3 is 5.32 Å². The fourth-order valence-corrected chi connectivity index (χ4v) is 2.60. The van der Waals surface area contributed by atoms with Gasteiger partial charge in [-0.1, -0.05) is 36.7 Å². The van der Waals surface area contributed by atoms with Gasteiger partial charge in [-0.3, -0.25) is 0 Å². The largest absolute Gasteiger partial charge is 0.307 e. The van der Waals surface area contributed by atoms with E-state index in [9.17, 15) is 4.39 Å². The number of hydrogen-bond donors (Lipinski definition) is 1. The third-order valence-electron chi connectivity index (χ3n) is 3.47. The van der Waals surface area contributed by atoms with Crippen molar-refractivity contribution in [1.82, 2.24) is 5.32 Å². The Balaban J connectivity index is 2.48. The van der Waals surface area contributed by atoms with Gasteiger partial charge >= 0.3 is 0 Å². The molecule has 2 aromatic carbocycles. The van der Waals surface area contributed by atoms with Crippen molar-refractivity contribution in [3.8, 4) is 0 Å². The summed E-state index contributed by atoms with van der Waals surface area (Å²) >= 11 is 6.16. The number of nitrogens with one attached hydrogen (secondary N) is 1.